The highest BCUT2D eigenvalue weighted by molar-refractivity contribution is 6.00. The SMILES string of the molecule is CN1CCN(c2cccc3c2CCC(NC(=O)c2ccccc2N2CCOCC2)C3)CC1. The highest BCUT2D eigenvalue weighted by atomic mass is 16.5. The third-order valence-corrected chi connectivity index (χ3v) is 7.14. The zero-order chi connectivity index (χ0) is 21.9. The summed E-state index contributed by atoms with van der Waals surface area (Å²) in [6.45, 7) is 7.50. The van der Waals surface area contributed by atoms with Crippen LogP contribution in [0.2, 0.25) is 0 Å². The van der Waals surface area contributed by atoms with Gasteiger partial charge >= 0.3 is 0 Å². The fourth-order valence-corrected chi connectivity index (χ4v) is 5.26. The molecule has 2 fully saturated rings. The Hall–Kier alpha value is -2.57. The van der Waals surface area contributed by atoms with Crippen molar-refractivity contribution in [2.45, 2.75) is 25.3 Å². The van der Waals surface area contributed by atoms with Gasteiger partial charge in [0.2, 0.25) is 0 Å². The van der Waals surface area contributed by atoms with Crippen LogP contribution in [0.15, 0.2) is 42.5 Å². The van der Waals surface area contributed by atoms with E-state index < -0.39 is 0 Å². The minimum absolute atomic E-state index is 0.0377. The van der Waals surface area contributed by atoms with E-state index in [0.29, 0.717) is 13.2 Å². The van der Waals surface area contributed by atoms with E-state index in [1.165, 1.54) is 16.8 Å². The van der Waals surface area contributed by atoms with Gasteiger partial charge in [0.05, 0.1) is 18.8 Å². The van der Waals surface area contributed by atoms with Crippen molar-refractivity contribution in [3.05, 3.63) is 59.2 Å². The summed E-state index contributed by atoms with van der Waals surface area (Å²) in [4.78, 5) is 20.4. The number of carbonyl (C=O) groups excluding carboxylic acids is 1. The Morgan fingerprint density at radius 3 is 2.44 bits per heavy atom. The van der Waals surface area contributed by atoms with Crippen molar-refractivity contribution in [1.82, 2.24) is 10.2 Å². The van der Waals surface area contributed by atoms with E-state index in [4.69, 9.17) is 4.74 Å². The molecule has 1 N–H and O–H groups in total. The summed E-state index contributed by atoms with van der Waals surface area (Å²) in [6.07, 6.45) is 2.92. The molecule has 1 atom stereocenters. The third kappa shape index (κ3) is 4.48. The highest BCUT2D eigenvalue weighted by Gasteiger charge is 2.26. The van der Waals surface area contributed by atoms with Gasteiger partial charge in [0.1, 0.15) is 0 Å². The van der Waals surface area contributed by atoms with E-state index in [1.54, 1.807) is 0 Å². The van der Waals surface area contributed by atoms with Gasteiger partial charge in [-0.25, -0.2) is 0 Å². The molecule has 1 amide bonds. The molecule has 6 nitrogen and oxygen atoms in total. The monoisotopic (exact) mass is 434 g/mol. The first-order valence-electron chi connectivity index (χ1n) is 12.0. The predicted molar refractivity (Wildman–Crippen MR) is 129 cm³/mol. The number of carbonyl (C=O) groups is 1. The molecule has 2 aliphatic heterocycles. The van der Waals surface area contributed by atoms with Crippen molar-refractivity contribution < 1.29 is 9.53 Å². The number of para-hydroxylation sites is 1. The lowest BCUT2D eigenvalue weighted by Gasteiger charge is -2.37. The topological polar surface area (TPSA) is 48.0 Å². The van der Waals surface area contributed by atoms with Crippen molar-refractivity contribution in [1.29, 1.82) is 0 Å². The van der Waals surface area contributed by atoms with Crippen LogP contribution in [0.5, 0.6) is 0 Å². The van der Waals surface area contributed by atoms with Crippen LogP contribution in [0.3, 0.4) is 0 Å². The fourth-order valence-electron chi connectivity index (χ4n) is 5.26. The van der Waals surface area contributed by atoms with Gasteiger partial charge in [-0.2, -0.15) is 0 Å². The standard InChI is InChI=1S/C26H34N4O2/c1-28-11-13-29(14-12-28)24-8-4-5-20-19-21(9-10-22(20)24)27-26(31)23-6-2-3-7-25(23)30-15-17-32-18-16-30/h2-8,21H,9-19H2,1H3,(H,27,31). The van der Waals surface area contributed by atoms with Crippen LogP contribution in [0.1, 0.15) is 27.9 Å². The van der Waals surface area contributed by atoms with Gasteiger partial charge in [-0.05, 0) is 55.6 Å². The number of likely N-dealkylation sites (N-methyl/N-ethyl adjacent to an activating group) is 1. The number of hydrogen-bond donors (Lipinski definition) is 1. The number of rotatable bonds is 4. The molecule has 5 rings (SSSR count). The van der Waals surface area contributed by atoms with Crippen LogP contribution in [-0.4, -0.2) is 76.4 Å². The Morgan fingerprint density at radius 1 is 0.906 bits per heavy atom. The summed E-state index contributed by atoms with van der Waals surface area (Å²) in [7, 11) is 2.20. The third-order valence-electron chi connectivity index (χ3n) is 7.14. The molecular weight excluding hydrogens is 400 g/mol. The summed E-state index contributed by atoms with van der Waals surface area (Å²) in [6, 6.07) is 14.9. The van der Waals surface area contributed by atoms with Crippen LogP contribution in [-0.2, 0) is 17.6 Å². The minimum atomic E-state index is 0.0377. The zero-order valence-electron chi connectivity index (χ0n) is 19.1. The average Bonchev–Trinajstić information content (AvgIpc) is 2.84. The summed E-state index contributed by atoms with van der Waals surface area (Å²) < 4.78 is 5.49. The maximum atomic E-state index is 13.3. The Balaban J connectivity index is 1.28. The van der Waals surface area contributed by atoms with Crippen LogP contribution < -0.4 is 15.1 Å². The molecule has 1 aliphatic carbocycles. The Bertz CT molecular complexity index is 949. The summed E-state index contributed by atoms with van der Waals surface area (Å²) in [5, 5.41) is 3.34. The second kappa shape index (κ2) is 9.51. The molecule has 2 heterocycles. The lowest BCUT2D eigenvalue weighted by atomic mass is 9.86. The maximum Gasteiger partial charge on any atom is 0.253 e. The number of ether oxygens (including phenoxy) is 1. The van der Waals surface area contributed by atoms with Crippen molar-refractivity contribution in [3.63, 3.8) is 0 Å². The number of hydrogen-bond acceptors (Lipinski definition) is 5. The Labute approximate surface area is 191 Å². The average molecular weight is 435 g/mol. The summed E-state index contributed by atoms with van der Waals surface area (Å²) in [5.41, 5.74) is 6.06. The number of piperazine rings is 1. The van der Waals surface area contributed by atoms with Crippen LogP contribution >= 0.6 is 0 Å². The van der Waals surface area contributed by atoms with Crippen LogP contribution in [0, 0.1) is 0 Å². The minimum Gasteiger partial charge on any atom is -0.378 e. The van der Waals surface area contributed by atoms with Gasteiger partial charge in [0.15, 0.2) is 0 Å². The highest BCUT2D eigenvalue weighted by Crippen LogP contribution is 2.31. The van der Waals surface area contributed by atoms with E-state index >= 15 is 0 Å². The quantitative estimate of drug-likeness (QED) is 0.802. The van der Waals surface area contributed by atoms with Crippen molar-refractivity contribution in [2.75, 3.05) is 69.3 Å². The molecule has 0 saturated carbocycles. The van der Waals surface area contributed by atoms with E-state index in [0.717, 1.165) is 69.8 Å². The molecule has 0 spiro atoms. The lowest BCUT2D eigenvalue weighted by molar-refractivity contribution is 0.0932. The number of benzene rings is 2. The first-order chi connectivity index (χ1) is 15.7. The molecule has 2 aromatic carbocycles. The lowest BCUT2D eigenvalue weighted by Crippen LogP contribution is -2.45. The molecule has 1 unspecified atom stereocenters. The Kier molecular flexibility index (Phi) is 6.32. The molecule has 2 aromatic rings. The molecule has 6 heteroatoms. The molecule has 0 radical (unpaired) electrons. The number of amides is 1. The van der Waals surface area contributed by atoms with E-state index in [1.807, 2.05) is 18.2 Å². The van der Waals surface area contributed by atoms with Crippen molar-refractivity contribution in [3.8, 4) is 0 Å². The second-order valence-corrected chi connectivity index (χ2v) is 9.23. The normalized spacial score (nSPS) is 21.8. The number of fused-ring (bicyclic) bond motifs is 1. The number of anilines is 2. The molecule has 0 aromatic heterocycles. The summed E-state index contributed by atoms with van der Waals surface area (Å²) in [5.74, 6) is 0.0377. The van der Waals surface area contributed by atoms with Gasteiger partial charge < -0.3 is 24.8 Å². The fraction of sp³-hybridized carbons (Fsp3) is 0.500. The first kappa shape index (κ1) is 21.3. The van der Waals surface area contributed by atoms with Gasteiger partial charge in [-0.3, -0.25) is 4.79 Å². The van der Waals surface area contributed by atoms with E-state index in [-0.39, 0.29) is 11.9 Å². The van der Waals surface area contributed by atoms with E-state index in [2.05, 4.69) is 51.3 Å². The number of morpholine rings is 1. The smallest absolute Gasteiger partial charge is 0.253 e. The van der Waals surface area contributed by atoms with Gasteiger partial charge in [0, 0.05) is 56.7 Å². The number of nitrogens with one attached hydrogen (secondary N) is 1. The largest absolute Gasteiger partial charge is 0.378 e. The van der Waals surface area contributed by atoms with Crippen molar-refractivity contribution >= 4 is 17.3 Å². The maximum absolute atomic E-state index is 13.3. The summed E-state index contributed by atoms with van der Waals surface area (Å²) >= 11 is 0. The van der Waals surface area contributed by atoms with Crippen LogP contribution in [0.4, 0.5) is 11.4 Å². The molecular formula is C26H34N4O2. The molecule has 3 aliphatic rings. The number of nitrogens with zero attached hydrogens (tertiary/aromatic N) is 3. The first-order valence-corrected chi connectivity index (χ1v) is 12.0. The van der Waals surface area contributed by atoms with Crippen LogP contribution in [0.25, 0.3) is 0 Å². The van der Waals surface area contributed by atoms with Gasteiger partial charge in [-0.15, -0.1) is 0 Å². The van der Waals surface area contributed by atoms with E-state index in [9.17, 15) is 4.79 Å². The molecule has 170 valence electrons. The molecule has 2 saturated heterocycles. The molecule has 0 bridgehead atoms. The van der Waals surface area contributed by atoms with Gasteiger partial charge in [0.25, 0.3) is 5.91 Å². The second-order valence-electron chi connectivity index (χ2n) is 9.23. The van der Waals surface area contributed by atoms with Gasteiger partial charge in [-0.1, -0.05) is 24.3 Å². The molecule has 32 heavy (non-hydrogen) atoms. The Morgan fingerprint density at radius 2 is 1.62 bits per heavy atom. The van der Waals surface area contributed by atoms with Crippen molar-refractivity contribution in [2.24, 2.45) is 0 Å². The zero-order valence-corrected chi connectivity index (χ0v) is 19.1. The predicted octanol–water partition coefficient (Wildman–Crippen LogP) is 2.56.